The first-order valence-electron chi connectivity index (χ1n) is 11.5. The van der Waals surface area contributed by atoms with Crippen LogP contribution in [-0.2, 0) is 16.8 Å². The van der Waals surface area contributed by atoms with Crippen molar-refractivity contribution in [2.75, 3.05) is 10.6 Å². The van der Waals surface area contributed by atoms with Gasteiger partial charge in [-0.1, -0.05) is 6.42 Å². The SMILES string of the molecule is Cc1c2c(c(=O)n3c1C(=O)NC31CCCCC1)Nc1cc(NC(=O)OC(C)(C)C)ncc1C2. The second kappa shape index (κ2) is 7.33. The minimum absolute atomic E-state index is 0.171. The van der Waals surface area contributed by atoms with Gasteiger partial charge in [-0.05, 0) is 70.1 Å². The summed E-state index contributed by atoms with van der Waals surface area (Å²) in [7, 11) is 0. The summed E-state index contributed by atoms with van der Waals surface area (Å²) in [5, 5.41) is 9.05. The number of aromatic nitrogens is 2. The van der Waals surface area contributed by atoms with Gasteiger partial charge in [-0.15, -0.1) is 0 Å². The number of rotatable bonds is 1. The number of carbonyl (C=O) groups excluding carboxylic acids is 2. The van der Waals surface area contributed by atoms with Crippen molar-refractivity contribution in [2.24, 2.45) is 0 Å². The predicted octanol–water partition coefficient (Wildman–Crippen LogP) is 3.91. The second-order valence-corrected chi connectivity index (χ2v) is 10.2. The Morgan fingerprint density at radius 3 is 2.64 bits per heavy atom. The molecule has 3 aliphatic rings. The fourth-order valence-corrected chi connectivity index (χ4v) is 5.22. The van der Waals surface area contributed by atoms with Gasteiger partial charge in [0, 0.05) is 24.4 Å². The molecule has 9 nitrogen and oxygen atoms in total. The smallest absolute Gasteiger partial charge is 0.413 e. The summed E-state index contributed by atoms with van der Waals surface area (Å²) in [5.74, 6) is 0.160. The molecule has 0 saturated heterocycles. The van der Waals surface area contributed by atoms with Gasteiger partial charge in [-0.3, -0.25) is 19.5 Å². The molecule has 0 bridgehead atoms. The van der Waals surface area contributed by atoms with Crippen LogP contribution in [0.4, 0.5) is 22.0 Å². The maximum absolute atomic E-state index is 13.7. The predicted molar refractivity (Wildman–Crippen MR) is 124 cm³/mol. The van der Waals surface area contributed by atoms with Gasteiger partial charge in [-0.2, -0.15) is 0 Å². The molecule has 0 radical (unpaired) electrons. The molecule has 2 aliphatic heterocycles. The third kappa shape index (κ3) is 3.55. The van der Waals surface area contributed by atoms with Crippen molar-refractivity contribution >= 4 is 29.2 Å². The van der Waals surface area contributed by atoms with Crippen LogP contribution in [0.2, 0.25) is 0 Å². The number of amides is 2. The van der Waals surface area contributed by atoms with Gasteiger partial charge in [0.1, 0.15) is 28.5 Å². The Morgan fingerprint density at radius 1 is 1.21 bits per heavy atom. The van der Waals surface area contributed by atoms with E-state index in [1.807, 2.05) is 6.92 Å². The summed E-state index contributed by atoms with van der Waals surface area (Å²) >= 11 is 0. The van der Waals surface area contributed by atoms with Gasteiger partial charge in [0.15, 0.2) is 0 Å². The standard InChI is InChI=1S/C24H29N5O4/c1-13-15-10-14-12-25-17(27-22(32)33-23(2,3)4)11-16(14)26-18(15)21(31)29-19(13)20(30)28-24(29)8-6-5-7-9-24/h11-12,26H,5-10H2,1-4H3,(H,28,30)(H,25,27,32). The van der Waals surface area contributed by atoms with Crippen molar-refractivity contribution in [3.8, 4) is 0 Å². The van der Waals surface area contributed by atoms with Crippen molar-refractivity contribution in [1.29, 1.82) is 0 Å². The Morgan fingerprint density at radius 2 is 1.94 bits per heavy atom. The number of pyridine rings is 2. The molecule has 1 spiro atoms. The molecule has 1 saturated carbocycles. The van der Waals surface area contributed by atoms with E-state index in [1.54, 1.807) is 37.6 Å². The number of carbonyl (C=O) groups is 2. The molecule has 174 valence electrons. The molecule has 2 aromatic rings. The molecule has 2 amide bonds. The van der Waals surface area contributed by atoms with E-state index < -0.39 is 17.4 Å². The Hall–Kier alpha value is -3.36. The zero-order valence-corrected chi connectivity index (χ0v) is 19.4. The normalized spacial score (nSPS) is 18.0. The molecule has 4 heterocycles. The number of hydrogen-bond donors (Lipinski definition) is 3. The third-order valence-electron chi connectivity index (χ3n) is 6.66. The lowest BCUT2D eigenvalue weighted by molar-refractivity contribution is 0.0635. The molecule has 33 heavy (non-hydrogen) atoms. The fourth-order valence-electron chi connectivity index (χ4n) is 5.22. The Balaban J connectivity index is 1.52. The van der Waals surface area contributed by atoms with Crippen LogP contribution in [0.25, 0.3) is 0 Å². The van der Waals surface area contributed by atoms with E-state index in [9.17, 15) is 14.4 Å². The van der Waals surface area contributed by atoms with Gasteiger partial charge < -0.3 is 15.4 Å². The molecular formula is C24H29N5O4. The largest absolute Gasteiger partial charge is 0.444 e. The molecule has 3 N–H and O–H groups in total. The summed E-state index contributed by atoms with van der Waals surface area (Å²) in [6.07, 6.45) is 6.13. The van der Waals surface area contributed by atoms with Crippen molar-refractivity contribution in [1.82, 2.24) is 14.9 Å². The first-order valence-corrected chi connectivity index (χ1v) is 11.5. The lowest BCUT2D eigenvalue weighted by Gasteiger charge is -2.36. The lowest BCUT2D eigenvalue weighted by Crippen LogP contribution is -2.49. The van der Waals surface area contributed by atoms with Crippen LogP contribution < -0.4 is 21.5 Å². The van der Waals surface area contributed by atoms with Crippen molar-refractivity contribution in [3.63, 3.8) is 0 Å². The monoisotopic (exact) mass is 451 g/mol. The first-order chi connectivity index (χ1) is 15.6. The Labute approximate surface area is 191 Å². The molecular weight excluding hydrogens is 422 g/mol. The minimum atomic E-state index is -0.634. The summed E-state index contributed by atoms with van der Waals surface area (Å²) in [6.45, 7) is 7.28. The maximum Gasteiger partial charge on any atom is 0.413 e. The lowest BCUT2D eigenvalue weighted by atomic mass is 9.88. The number of nitrogens with zero attached hydrogens (tertiary/aromatic N) is 2. The zero-order valence-electron chi connectivity index (χ0n) is 19.4. The molecule has 1 fully saturated rings. The highest BCUT2D eigenvalue weighted by Crippen LogP contribution is 2.41. The topological polar surface area (TPSA) is 114 Å². The molecule has 2 aromatic heterocycles. The Bertz CT molecular complexity index is 1230. The molecule has 0 atom stereocenters. The van der Waals surface area contributed by atoms with E-state index in [4.69, 9.17) is 4.74 Å². The number of ether oxygens (including phenoxy) is 1. The van der Waals surface area contributed by atoms with Crippen LogP contribution in [-0.4, -0.2) is 27.2 Å². The van der Waals surface area contributed by atoms with Crippen molar-refractivity contribution < 1.29 is 14.3 Å². The van der Waals surface area contributed by atoms with E-state index in [-0.39, 0.29) is 11.5 Å². The van der Waals surface area contributed by atoms with E-state index in [0.717, 1.165) is 48.8 Å². The number of fused-ring (bicyclic) bond motifs is 4. The fraction of sp³-hybridized carbons (Fsp3) is 0.500. The molecule has 0 aromatic carbocycles. The van der Waals surface area contributed by atoms with Gasteiger partial charge in [0.25, 0.3) is 11.5 Å². The van der Waals surface area contributed by atoms with Crippen LogP contribution >= 0.6 is 0 Å². The van der Waals surface area contributed by atoms with Crippen LogP contribution in [0.3, 0.4) is 0 Å². The van der Waals surface area contributed by atoms with E-state index in [0.29, 0.717) is 29.3 Å². The van der Waals surface area contributed by atoms with Crippen LogP contribution in [0, 0.1) is 6.92 Å². The zero-order chi connectivity index (χ0) is 23.5. The molecule has 5 rings (SSSR count). The van der Waals surface area contributed by atoms with Crippen molar-refractivity contribution in [2.45, 2.75) is 77.5 Å². The highest BCUT2D eigenvalue weighted by molar-refractivity contribution is 5.98. The highest BCUT2D eigenvalue weighted by atomic mass is 16.6. The summed E-state index contributed by atoms with van der Waals surface area (Å²) < 4.78 is 6.99. The first kappa shape index (κ1) is 21.5. The summed E-state index contributed by atoms with van der Waals surface area (Å²) in [5.41, 5.74) is 2.74. The van der Waals surface area contributed by atoms with Crippen LogP contribution in [0.1, 0.15) is 80.1 Å². The van der Waals surface area contributed by atoms with E-state index in [1.165, 1.54) is 0 Å². The van der Waals surface area contributed by atoms with E-state index in [2.05, 4.69) is 20.9 Å². The van der Waals surface area contributed by atoms with Crippen LogP contribution in [0.15, 0.2) is 17.1 Å². The van der Waals surface area contributed by atoms with Gasteiger partial charge in [0.2, 0.25) is 0 Å². The number of nitrogens with one attached hydrogen (secondary N) is 3. The summed E-state index contributed by atoms with van der Waals surface area (Å²) in [6, 6.07) is 1.70. The second-order valence-electron chi connectivity index (χ2n) is 10.2. The molecule has 9 heteroatoms. The Kier molecular flexibility index (Phi) is 4.77. The number of hydrogen-bond acceptors (Lipinski definition) is 6. The van der Waals surface area contributed by atoms with Crippen molar-refractivity contribution in [3.05, 3.63) is 45.0 Å². The minimum Gasteiger partial charge on any atom is -0.444 e. The highest BCUT2D eigenvalue weighted by Gasteiger charge is 2.46. The quantitative estimate of drug-likeness (QED) is 0.517. The molecule has 0 unspecified atom stereocenters. The molecule has 1 aliphatic carbocycles. The third-order valence-corrected chi connectivity index (χ3v) is 6.66. The van der Waals surface area contributed by atoms with Gasteiger partial charge >= 0.3 is 6.09 Å². The van der Waals surface area contributed by atoms with Crippen LogP contribution in [0.5, 0.6) is 0 Å². The number of anilines is 3. The maximum atomic E-state index is 13.7. The van der Waals surface area contributed by atoms with Gasteiger partial charge in [0.05, 0.1) is 0 Å². The summed E-state index contributed by atoms with van der Waals surface area (Å²) in [4.78, 5) is 43.1. The van der Waals surface area contributed by atoms with Gasteiger partial charge in [-0.25, -0.2) is 9.78 Å². The average molecular weight is 452 g/mol. The van der Waals surface area contributed by atoms with E-state index >= 15 is 0 Å². The average Bonchev–Trinajstić information content (AvgIpc) is 3.01.